The molecule has 84 valence electrons. The highest BCUT2D eigenvalue weighted by Gasteiger charge is 2.06. The van der Waals surface area contributed by atoms with Crippen molar-refractivity contribution >= 4 is 17.3 Å². The Bertz CT molecular complexity index is 439. The Morgan fingerprint density at radius 3 is 2.69 bits per heavy atom. The fourth-order valence-corrected chi connectivity index (χ4v) is 2.56. The van der Waals surface area contributed by atoms with Gasteiger partial charge in [0, 0.05) is 34.6 Å². The first-order chi connectivity index (χ1) is 7.74. The highest BCUT2D eigenvalue weighted by molar-refractivity contribution is 7.11. The molecular weight excluding hydrogens is 218 g/mol. The molecule has 2 heterocycles. The fourth-order valence-electron chi connectivity index (χ4n) is 1.54. The predicted octanol–water partition coefficient (Wildman–Crippen LogP) is 2.89. The molecule has 0 spiro atoms. The molecular formula is C12H15N3S. The van der Waals surface area contributed by atoms with Gasteiger partial charge < -0.3 is 5.32 Å². The summed E-state index contributed by atoms with van der Waals surface area (Å²) in [6.45, 7) is 4.28. The van der Waals surface area contributed by atoms with Gasteiger partial charge in [-0.15, -0.1) is 11.3 Å². The van der Waals surface area contributed by atoms with Crippen LogP contribution in [0.4, 0.5) is 5.95 Å². The summed E-state index contributed by atoms with van der Waals surface area (Å²) in [5.41, 5.74) is 0. The average molecular weight is 233 g/mol. The van der Waals surface area contributed by atoms with E-state index in [1.165, 1.54) is 9.75 Å². The highest BCUT2D eigenvalue weighted by atomic mass is 32.1. The Kier molecular flexibility index (Phi) is 3.51. The maximum Gasteiger partial charge on any atom is 0.222 e. The molecule has 2 aromatic heterocycles. The normalized spacial score (nSPS) is 12.4. The van der Waals surface area contributed by atoms with Crippen molar-refractivity contribution in [2.75, 3.05) is 5.32 Å². The summed E-state index contributed by atoms with van der Waals surface area (Å²) >= 11 is 1.85. The first-order valence-electron chi connectivity index (χ1n) is 5.33. The molecule has 1 unspecified atom stereocenters. The third-order valence-electron chi connectivity index (χ3n) is 2.24. The molecule has 4 heteroatoms. The molecule has 3 nitrogen and oxygen atoms in total. The minimum absolute atomic E-state index is 0.348. The van der Waals surface area contributed by atoms with E-state index in [2.05, 4.69) is 41.3 Å². The summed E-state index contributed by atoms with van der Waals surface area (Å²) in [5.74, 6) is 0.697. The van der Waals surface area contributed by atoms with Crippen LogP contribution in [0, 0.1) is 6.92 Å². The first kappa shape index (κ1) is 11.1. The van der Waals surface area contributed by atoms with E-state index < -0.39 is 0 Å². The highest BCUT2D eigenvalue weighted by Crippen LogP contribution is 2.17. The number of thiophene rings is 1. The van der Waals surface area contributed by atoms with Crippen LogP contribution in [0.5, 0.6) is 0 Å². The van der Waals surface area contributed by atoms with E-state index in [-0.39, 0.29) is 0 Å². The lowest BCUT2D eigenvalue weighted by Gasteiger charge is -2.11. The van der Waals surface area contributed by atoms with Crippen LogP contribution >= 0.6 is 11.3 Å². The number of hydrogen-bond acceptors (Lipinski definition) is 4. The van der Waals surface area contributed by atoms with Crippen molar-refractivity contribution in [3.05, 3.63) is 40.3 Å². The van der Waals surface area contributed by atoms with Crippen molar-refractivity contribution in [3.8, 4) is 0 Å². The van der Waals surface area contributed by atoms with E-state index in [0.717, 1.165) is 6.42 Å². The number of hydrogen-bond donors (Lipinski definition) is 1. The van der Waals surface area contributed by atoms with Gasteiger partial charge >= 0.3 is 0 Å². The van der Waals surface area contributed by atoms with Crippen LogP contribution in [0.1, 0.15) is 16.7 Å². The van der Waals surface area contributed by atoms with Gasteiger partial charge in [0.15, 0.2) is 0 Å². The van der Waals surface area contributed by atoms with Crippen molar-refractivity contribution in [2.45, 2.75) is 26.3 Å². The molecule has 16 heavy (non-hydrogen) atoms. The van der Waals surface area contributed by atoms with Gasteiger partial charge in [0.05, 0.1) is 0 Å². The van der Waals surface area contributed by atoms with Crippen molar-refractivity contribution < 1.29 is 0 Å². The van der Waals surface area contributed by atoms with Crippen LogP contribution in [0.25, 0.3) is 0 Å². The van der Waals surface area contributed by atoms with Gasteiger partial charge in [-0.05, 0) is 32.0 Å². The lowest BCUT2D eigenvalue weighted by molar-refractivity contribution is 0.786. The summed E-state index contributed by atoms with van der Waals surface area (Å²) in [4.78, 5) is 11.0. The minimum atomic E-state index is 0.348. The molecule has 0 amide bonds. The van der Waals surface area contributed by atoms with Crippen LogP contribution < -0.4 is 5.32 Å². The van der Waals surface area contributed by atoms with E-state index in [0.29, 0.717) is 12.0 Å². The third-order valence-corrected chi connectivity index (χ3v) is 3.27. The summed E-state index contributed by atoms with van der Waals surface area (Å²) in [6.07, 6.45) is 4.51. The zero-order chi connectivity index (χ0) is 11.4. The van der Waals surface area contributed by atoms with Crippen molar-refractivity contribution in [2.24, 2.45) is 0 Å². The Morgan fingerprint density at radius 1 is 1.31 bits per heavy atom. The largest absolute Gasteiger partial charge is 0.351 e. The Labute approximate surface area is 99.6 Å². The summed E-state index contributed by atoms with van der Waals surface area (Å²) in [7, 11) is 0. The molecule has 0 radical (unpaired) electrons. The molecule has 0 saturated heterocycles. The molecule has 2 rings (SSSR count). The molecule has 1 N–H and O–H groups in total. The summed E-state index contributed by atoms with van der Waals surface area (Å²) in [5, 5.41) is 3.28. The molecule has 0 aliphatic rings. The van der Waals surface area contributed by atoms with Crippen LogP contribution in [0.3, 0.4) is 0 Å². The van der Waals surface area contributed by atoms with E-state index in [1.807, 2.05) is 17.4 Å². The zero-order valence-electron chi connectivity index (χ0n) is 9.47. The maximum atomic E-state index is 4.15. The van der Waals surface area contributed by atoms with E-state index >= 15 is 0 Å². The van der Waals surface area contributed by atoms with Gasteiger partial charge in [-0.1, -0.05) is 0 Å². The summed E-state index contributed by atoms with van der Waals surface area (Å²) in [6, 6.07) is 6.51. The monoisotopic (exact) mass is 233 g/mol. The lowest BCUT2D eigenvalue weighted by Crippen LogP contribution is -2.18. The number of aromatic nitrogens is 2. The maximum absolute atomic E-state index is 4.15. The van der Waals surface area contributed by atoms with Gasteiger partial charge in [-0.2, -0.15) is 0 Å². The number of aryl methyl sites for hydroxylation is 1. The third kappa shape index (κ3) is 3.03. The van der Waals surface area contributed by atoms with Crippen LogP contribution in [0.15, 0.2) is 30.6 Å². The van der Waals surface area contributed by atoms with Gasteiger partial charge in [0.25, 0.3) is 0 Å². The summed E-state index contributed by atoms with van der Waals surface area (Å²) < 4.78 is 0. The molecule has 0 bridgehead atoms. The Hall–Kier alpha value is -1.42. The molecule has 0 aliphatic heterocycles. The Morgan fingerprint density at radius 2 is 2.06 bits per heavy atom. The Balaban J connectivity index is 1.92. The second kappa shape index (κ2) is 5.07. The SMILES string of the molecule is Cc1ccc(CC(C)Nc2ncccn2)s1. The lowest BCUT2D eigenvalue weighted by atomic mass is 10.2. The van der Waals surface area contributed by atoms with Crippen molar-refractivity contribution in [1.29, 1.82) is 0 Å². The molecule has 2 aromatic rings. The number of anilines is 1. The van der Waals surface area contributed by atoms with E-state index in [1.54, 1.807) is 12.4 Å². The average Bonchev–Trinajstić information content (AvgIpc) is 2.65. The topological polar surface area (TPSA) is 37.8 Å². The number of nitrogens with zero attached hydrogens (tertiary/aromatic N) is 2. The van der Waals surface area contributed by atoms with Crippen LogP contribution in [-0.4, -0.2) is 16.0 Å². The molecule has 1 atom stereocenters. The standard InChI is InChI=1S/C12H15N3S/c1-9(8-11-5-4-10(2)16-11)15-12-13-6-3-7-14-12/h3-7,9H,8H2,1-2H3,(H,13,14,15). The minimum Gasteiger partial charge on any atom is -0.351 e. The zero-order valence-corrected chi connectivity index (χ0v) is 10.3. The van der Waals surface area contributed by atoms with E-state index in [9.17, 15) is 0 Å². The van der Waals surface area contributed by atoms with Crippen LogP contribution in [0.2, 0.25) is 0 Å². The number of rotatable bonds is 4. The fraction of sp³-hybridized carbons (Fsp3) is 0.333. The molecule has 0 fully saturated rings. The second-order valence-corrected chi connectivity index (χ2v) is 5.21. The molecule has 0 aromatic carbocycles. The quantitative estimate of drug-likeness (QED) is 0.882. The molecule has 0 saturated carbocycles. The smallest absolute Gasteiger partial charge is 0.222 e. The van der Waals surface area contributed by atoms with Gasteiger partial charge in [-0.25, -0.2) is 9.97 Å². The van der Waals surface area contributed by atoms with Crippen molar-refractivity contribution in [1.82, 2.24) is 9.97 Å². The first-order valence-corrected chi connectivity index (χ1v) is 6.14. The van der Waals surface area contributed by atoms with E-state index in [4.69, 9.17) is 0 Å². The number of nitrogens with one attached hydrogen (secondary N) is 1. The van der Waals surface area contributed by atoms with Crippen LogP contribution in [-0.2, 0) is 6.42 Å². The van der Waals surface area contributed by atoms with Gasteiger partial charge in [-0.3, -0.25) is 0 Å². The van der Waals surface area contributed by atoms with Gasteiger partial charge in [0.2, 0.25) is 5.95 Å². The molecule has 0 aliphatic carbocycles. The second-order valence-electron chi connectivity index (χ2n) is 3.83. The van der Waals surface area contributed by atoms with Gasteiger partial charge in [0.1, 0.15) is 0 Å². The van der Waals surface area contributed by atoms with Crippen molar-refractivity contribution in [3.63, 3.8) is 0 Å². The predicted molar refractivity (Wildman–Crippen MR) is 67.9 cm³/mol.